The first-order chi connectivity index (χ1) is 10.7. The summed E-state index contributed by atoms with van der Waals surface area (Å²) in [5.74, 6) is -0.466. The van der Waals surface area contributed by atoms with Gasteiger partial charge in [0.15, 0.2) is 0 Å². The molecule has 0 radical (unpaired) electrons. The highest BCUT2D eigenvalue weighted by atomic mass is 32.2. The number of nitro groups is 1. The van der Waals surface area contributed by atoms with E-state index >= 15 is 0 Å². The first kappa shape index (κ1) is 16.6. The van der Waals surface area contributed by atoms with Crippen molar-refractivity contribution >= 4 is 27.3 Å². The summed E-state index contributed by atoms with van der Waals surface area (Å²) in [7, 11) is -3.80. The topological polar surface area (TPSA) is 132 Å². The Labute approximate surface area is 132 Å². The predicted octanol–water partition coefficient (Wildman–Crippen LogP) is 1.80. The summed E-state index contributed by atoms with van der Waals surface area (Å²) in [5.41, 5.74) is 0.924. The standard InChI is InChI=1S/C14H13N3O5S/c1-9-8-10(2-7-13(9)17(19)20)14(18)16-11-3-5-12(6-4-11)23(15,21)22/h2-8H,1H3,(H,16,18)(H2,15,21,22). The number of sulfonamides is 1. The zero-order chi connectivity index (χ0) is 17.2. The monoisotopic (exact) mass is 335 g/mol. The lowest BCUT2D eigenvalue weighted by molar-refractivity contribution is -0.385. The Morgan fingerprint density at radius 2 is 1.78 bits per heavy atom. The van der Waals surface area contributed by atoms with E-state index < -0.39 is 20.9 Å². The van der Waals surface area contributed by atoms with E-state index in [0.29, 0.717) is 11.3 Å². The molecule has 0 aliphatic rings. The quantitative estimate of drug-likeness (QED) is 0.649. The minimum atomic E-state index is -3.80. The summed E-state index contributed by atoms with van der Waals surface area (Å²) in [6, 6.07) is 9.35. The number of carbonyl (C=O) groups is 1. The molecule has 0 aliphatic heterocycles. The number of nitrogens with zero attached hydrogens (tertiary/aromatic N) is 1. The minimum Gasteiger partial charge on any atom is -0.322 e. The van der Waals surface area contributed by atoms with Crippen LogP contribution in [0.3, 0.4) is 0 Å². The van der Waals surface area contributed by atoms with Gasteiger partial charge in [0.05, 0.1) is 9.82 Å². The van der Waals surface area contributed by atoms with Crippen molar-refractivity contribution < 1.29 is 18.1 Å². The summed E-state index contributed by atoms with van der Waals surface area (Å²) in [6.07, 6.45) is 0. The zero-order valence-corrected chi connectivity index (χ0v) is 12.8. The largest absolute Gasteiger partial charge is 0.322 e. The Morgan fingerprint density at radius 1 is 1.17 bits per heavy atom. The van der Waals surface area contributed by atoms with Crippen molar-refractivity contribution in [3.05, 3.63) is 63.7 Å². The minimum absolute atomic E-state index is 0.0679. The van der Waals surface area contributed by atoms with Crippen molar-refractivity contribution in [1.29, 1.82) is 0 Å². The van der Waals surface area contributed by atoms with Crippen LogP contribution < -0.4 is 10.5 Å². The van der Waals surface area contributed by atoms with Crippen LogP contribution in [0.25, 0.3) is 0 Å². The molecule has 0 heterocycles. The molecule has 0 unspecified atom stereocenters. The number of carbonyl (C=O) groups excluding carboxylic acids is 1. The number of hydrogen-bond donors (Lipinski definition) is 2. The van der Waals surface area contributed by atoms with Gasteiger partial charge in [0.1, 0.15) is 0 Å². The van der Waals surface area contributed by atoms with Gasteiger partial charge in [-0.05, 0) is 43.3 Å². The highest BCUT2D eigenvalue weighted by molar-refractivity contribution is 7.89. The second kappa shape index (κ2) is 6.15. The molecule has 0 spiro atoms. The van der Waals surface area contributed by atoms with E-state index in [0.717, 1.165) is 0 Å². The van der Waals surface area contributed by atoms with Crippen LogP contribution in [0.4, 0.5) is 11.4 Å². The van der Waals surface area contributed by atoms with Gasteiger partial charge in [-0.1, -0.05) is 0 Å². The average Bonchev–Trinajstić information content (AvgIpc) is 2.46. The van der Waals surface area contributed by atoms with Gasteiger partial charge in [-0.25, -0.2) is 13.6 Å². The molecule has 120 valence electrons. The van der Waals surface area contributed by atoms with Gasteiger partial charge >= 0.3 is 0 Å². The highest BCUT2D eigenvalue weighted by Crippen LogP contribution is 2.20. The number of hydrogen-bond acceptors (Lipinski definition) is 5. The molecule has 0 fully saturated rings. The summed E-state index contributed by atoms with van der Waals surface area (Å²) in [6.45, 7) is 1.54. The van der Waals surface area contributed by atoms with Crippen LogP contribution in [0.15, 0.2) is 47.4 Å². The molecule has 3 N–H and O–H groups in total. The Morgan fingerprint density at radius 3 is 2.26 bits per heavy atom. The Balaban J connectivity index is 2.19. The fourth-order valence-electron chi connectivity index (χ4n) is 1.93. The van der Waals surface area contributed by atoms with Crippen molar-refractivity contribution in [1.82, 2.24) is 0 Å². The third-order valence-corrected chi connectivity index (χ3v) is 4.03. The predicted molar refractivity (Wildman–Crippen MR) is 83.6 cm³/mol. The van der Waals surface area contributed by atoms with Crippen LogP contribution in [-0.2, 0) is 10.0 Å². The van der Waals surface area contributed by atoms with E-state index in [-0.39, 0.29) is 16.1 Å². The van der Waals surface area contributed by atoms with Crippen LogP contribution in [0.5, 0.6) is 0 Å². The highest BCUT2D eigenvalue weighted by Gasteiger charge is 2.14. The molecule has 0 saturated heterocycles. The van der Waals surface area contributed by atoms with Crippen molar-refractivity contribution in [2.45, 2.75) is 11.8 Å². The summed E-state index contributed by atoms with van der Waals surface area (Å²) >= 11 is 0. The molecular weight excluding hydrogens is 322 g/mol. The number of primary sulfonamides is 1. The molecule has 23 heavy (non-hydrogen) atoms. The summed E-state index contributed by atoms with van der Waals surface area (Å²) in [5, 5.41) is 18.3. The van der Waals surface area contributed by atoms with Crippen LogP contribution in [0, 0.1) is 17.0 Å². The normalized spacial score (nSPS) is 11.0. The molecule has 1 amide bonds. The van der Waals surface area contributed by atoms with E-state index in [1.807, 2.05) is 0 Å². The molecule has 2 aromatic rings. The molecule has 0 aromatic heterocycles. The lowest BCUT2D eigenvalue weighted by Crippen LogP contribution is -2.14. The van der Waals surface area contributed by atoms with E-state index in [4.69, 9.17) is 5.14 Å². The molecule has 9 heteroatoms. The van der Waals surface area contributed by atoms with Crippen molar-refractivity contribution in [2.24, 2.45) is 5.14 Å². The van der Waals surface area contributed by atoms with Gasteiger partial charge in [-0.2, -0.15) is 0 Å². The number of amides is 1. The van der Waals surface area contributed by atoms with Gasteiger partial charge in [0, 0.05) is 22.9 Å². The SMILES string of the molecule is Cc1cc(C(=O)Nc2ccc(S(N)(=O)=O)cc2)ccc1[N+](=O)[O-]. The zero-order valence-electron chi connectivity index (χ0n) is 12.0. The second-order valence-corrected chi connectivity index (χ2v) is 6.34. The second-order valence-electron chi connectivity index (χ2n) is 4.78. The number of rotatable bonds is 4. The summed E-state index contributed by atoms with van der Waals surface area (Å²) in [4.78, 5) is 22.3. The number of nitro benzene ring substituents is 1. The van der Waals surface area contributed by atoms with Crippen molar-refractivity contribution in [3.8, 4) is 0 Å². The van der Waals surface area contributed by atoms with E-state index in [2.05, 4.69) is 5.32 Å². The number of anilines is 1. The molecule has 0 saturated carbocycles. The number of nitrogens with two attached hydrogens (primary N) is 1. The molecular formula is C14H13N3O5S. The van der Waals surface area contributed by atoms with Crippen LogP contribution in [0.1, 0.15) is 15.9 Å². The lowest BCUT2D eigenvalue weighted by Gasteiger charge is -2.07. The van der Waals surface area contributed by atoms with E-state index in [1.54, 1.807) is 0 Å². The number of nitrogens with one attached hydrogen (secondary N) is 1. The lowest BCUT2D eigenvalue weighted by atomic mass is 10.1. The van der Waals surface area contributed by atoms with Crippen molar-refractivity contribution in [3.63, 3.8) is 0 Å². The first-order valence-corrected chi connectivity index (χ1v) is 7.92. The maximum atomic E-state index is 12.1. The van der Waals surface area contributed by atoms with Crippen LogP contribution in [0.2, 0.25) is 0 Å². The third kappa shape index (κ3) is 3.90. The third-order valence-electron chi connectivity index (χ3n) is 3.10. The molecule has 0 bridgehead atoms. The summed E-state index contributed by atoms with van der Waals surface area (Å²) < 4.78 is 22.3. The first-order valence-electron chi connectivity index (χ1n) is 6.38. The van der Waals surface area contributed by atoms with Gasteiger partial charge < -0.3 is 5.32 Å². The van der Waals surface area contributed by atoms with E-state index in [9.17, 15) is 23.3 Å². The van der Waals surface area contributed by atoms with Gasteiger partial charge in [0.2, 0.25) is 10.0 Å². The molecule has 0 aliphatic carbocycles. The molecule has 8 nitrogen and oxygen atoms in total. The van der Waals surface area contributed by atoms with Gasteiger partial charge in [-0.3, -0.25) is 14.9 Å². The fourth-order valence-corrected chi connectivity index (χ4v) is 2.45. The average molecular weight is 335 g/mol. The van der Waals surface area contributed by atoms with E-state index in [1.165, 1.54) is 49.4 Å². The number of aryl methyl sites for hydroxylation is 1. The molecule has 0 atom stereocenters. The van der Waals surface area contributed by atoms with Crippen molar-refractivity contribution in [2.75, 3.05) is 5.32 Å². The Kier molecular flexibility index (Phi) is 4.43. The van der Waals surface area contributed by atoms with Crippen LogP contribution >= 0.6 is 0 Å². The molecule has 2 aromatic carbocycles. The Hall–Kier alpha value is -2.78. The maximum Gasteiger partial charge on any atom is 0.272 e. The van der Waals surface area contributed by atoms with Crippen LogP contribution in [-0.4, -0.2) is 19.2 Å². The molecule has 2 rings (SSSR count). The number of benzene rings is 2. The maximum absolute atomic E-state index is 12.1. The Bertz CT molecular complexity index is 876. The van der Waals surface area contributed by atoms with Gasteiger partial charge in [-0.15, -0.1) is 0 Å². The smallest absolute Gasteiger partial charge is 0.272 e. The van der Waals surface area contributed by atoms with Gasteiger partial charge in [0.25, 0.3) is 11.6 Å². The fraction of sp³-hybridized carbons (Fsp3) is 0.0714.